The third-order valence-electron chi connectivity index (χ3n) is 2.45. The second kappa shape index (κ2) is 4.65. The van der Waals surface area contributed by atoms with Gasteiger partial charge < -0.3 is 4.57 Å². The summed E-state index contributed by atoms with van der Waals surface area (Å²) in [5.74, 6) is 1.04. The minimum atomic E-state index is -0.0955. The molecule has 0 spiro atoms. The molecule has 0 saturated heterocycles. The highest BCUT2D eigenvalue weighted by atomic mass is 35.5. The predicted octanol–water partition coefficient (Wildman–Crippen LogP) is 1.55. The molecule has 0 radical (unpaired) electrons. The van der Waals surface area contributed by atoms with Crippen molar-refractivity contribution in [2.75, 3.05) is 0 Å². The maximum atomic E-state index is 5.91. The van der Waals surface area contributed by atoms with Gasteiger partial charge >= 0.3 is 0 Å². The van der Waals surface area contributed by atoms with Crippen molar-refractivity contribution < 1.29 is 0 Å². The van der Waals surface area contributed by atoms with E-state index in [4.69, 9.17) is 11.6 Å². The van der Waals surface area contributed by atoms with Crippen LogP contribution in [-0.2, 0) is 20.0 Å². The molecule has 0 amide bonds. The van der Waals surface area contributed by atoms with Crippen LogP contribution in [0.5, 0.6) is 0 Å². The van der Waals surface area contributed by atoms with Gasteiger partial charge in [0.25, 0.3) is 0 Å². The summed E-state index contributed by atoms with van der Waals surface area (Å²) in [5.41, 5.74) is 0.807. The van der Waals surface area contributed by atoms with Gasteiger partial charge in [0, 0.05) is 38.6 Å². The molecule has 0 aromatic carbocycles. The average molecular weight is 240 g/mol. The summed E-state index contributed by atoms with van der Waals surface area (Å²) >= 11 is 5.91. The minimum absolute atomic E-state index is 0.0955. The smallest absolute Gasteiger partial charge is 0.110 e. The van der Waals surface area contributed by atoms with Crippen LogP contribution >= 0.6 is 11.6 Å². The van der Waals surface area contributed by atoms with Crippen LogP contribution in [0.1, 0.15) is 23.8 Å². The van der Waals surface area contributed by atoms with Crippen molar-refractivity contribution in [1.82, 2.24) is 24.5 Å². The fourth-order valence-corrected chi connectivity index (χ4v) is 1.56. The number of halogens is 1. The maximum absolute atomic E-state index is 5.91. The first-order chi connectivity index (χ1) is 7.66. The maximum Gasteiger partial charge on any atom is 0.110 e. The van der Waals surface area contributed by atoms with Crippen LogP contribution in [0.3, 0.4) is 0 Å². The SMILES string of the molecule is CC(Cl)c1cn(CCc2nccn2C)nn1. The van der Waals surface area contributed by atoms with Gasteiger partial charge in [0.05, 0.1) is 5.38 Å². The van der Waals surface area contributed by atoms with Crippen molar-refractivity contribution >= 4 is 11.6 Å². The summed E-state index contributed by atoms with van der Waals surface area (Å²) in [6, 6.07) is 0. The van der Waals surface area contributed by atoms with E-state index in [1.807, 2.05) is 30.9 Å². The highest BCUT2D eigenvalue weighted by Gasteiger charge is 2.07. The molecule has 0 saturated carbocycles. The van der Waals surface area contributed by atoms with Crippen molar-refractivity contribution in [3.8, 4) is 0 Å². The van der Waals surface area contributed by atoms with Crippen LogP contribution in [0.15, 0.2) is 18.6 Å². The Hall–Kier alpha value is -1.36. The zero-order chi connectivity index (χ0) is 11.5. The van der Waals surface area contributed by atoms with Gasteiger partial charge in [-0.2, -0.15) is 0 Å². The summed E-state index contributed by atoms with van der Waals surface area (Å²) in [5, 5.41) is 7.91. The van der Waals surface area contributed by atoms with Gasteiger partial charge in [0.2, 0.25) is 0 Å². The molecule has 0 aliphatic heterocycles. The molecular weight excluding hydrogens is 226 g/mol. The lowest BCUT2D eigenvalue weighted by molar-refractivity contribution is 0.569. The van der Waals surface area contributed by atoms with Gasteiger partial charge in [-0.05, 0) is 6.92 Å². The van der Waals surface area contributed by atoms with E-state index in [9.17, 15) is 0 Å². The van der Waals surface area contributed by atoms with Gasteiger partial charge in [0.1, 0.15) is 11.5 Å². The number of rotatable bonds is 4. The molecule has 2 aromatic rings. The normalized spacial score (nSPS) is 12.9. The molecule has 0 bridgehead atoms. The van der Waals surface area contributed by atoms with Crippen LogP contribution in [0, 0.1) is 0 Å². The Balaban J connectivity index is 1.97. The molecule has 16 heavy (non-hydrogen) atoms. The number of aromatic nitrogens is 5. The first-order valence-corrected chi connectivity index (χ1v) is 5.61. The first-order valence-electron chi connectivity index (χ1n) is 5.17. The minimum Gasteiger partial charge on any atom is -0.338 e. The quantitative estimate of drug-likeness (QED) is 0.761. The van der Waals surface area contributed by atoms with Crippen molar-refractivity contribution in [3.63, 3.8) is 0 Å². The molecule has 1 atom stereocenters. The van der Waals surface area contributed by atoms with E-state index < -0.39 is 0 Å². The summed E-state index contributed by atoms with van der Waals surface area (Å²) in [7, 11) is 1.98. The summed E-state index contributed by atoms with van der Waals surface area (Å²) < 4.78 is 3.80. The molecule has 0 fully saturated rings. The van der Waals surface area contributed by atoms with Crippen LogP contribution < -0.4 is 0 Å². The Morgan fingerprint density at radius 2 is 2.31 bits per heavy atom. The highest BCUT2D eigenvalue weighted by Crippen LogP contribution is 2.15. The van der Waals surface area contributed by atoms with Crippen LogP contribution in [0.4, 0.5) is 0 Å². The standard InChI is InChI=1S/C10H14ClN5/c1-8(11)9-7-16(14-13-9)5-3-10-12-4-6-15(10)2/h4,6-8H,3,5H2,1-2H3. The Kier molecular flexibility index (Phi) is 3.24. The highest BCUT2D eigenvalue weighted by molar-refractivity contribution is 6.20. The van der Waals surface area contributed by atoms with E-state index in [2.05, 4.69) is 15.3 Å². The molecule has 2 rings (SSSR count). The number of alkyl halides is 1. The molecule has 1 unspecified atom stereocenters. The predicted molar refractivity (Wildman–Crippen MR) is 61.2 cm³/mol. The van der Waals surface area contributed by atoms with Crippen molar-refractivity contribution in [2.24, 2.45) is 7.05 Å². The molecule has 5 nitrogen and oxygen atoms in total. The number of aryl methyl sites for hydroxylation is 3. The first kappa shape index (κ1) is 11.1. The average Bonchev–Trinajstić information content (AvgIpc) is 2.83. The van der Waals surface area contributed by atoms with Gasteiger partial charge in [0.15, 0.2) is 0 Å². The Morgan fingerprint density at radius 3 is 2.88 bits per heavy atom. The van der Waals surface area contributed by atoms with E-state index in [-0.39, 0.29) is 5.38 Å². The van der Waals surface area contributed by atoms with E-state index in [0.717, 1.165) is 24.5 Å². The summed E-state index contributed by atoms with van der Waals surface area (Å²) in [6.45, 7) is 2.65. The van der Waals surface area contributed by atoms with Crippen LogP contribution in [-0.4, -0.2) is 24.5 Å². The molecule has 0 aliphatic rings. The van der Waals surface area contributed by atoms with Crippen LogP contribution in [0.25, 0.3) is 0 Å². The molecule has 0 aliphatic carbocycles. The number of hydrogen-bond acceptors (Lipinski definition) is 3. The van der Waals surface area contributed by atoms with Gasteiger partial charge in [-0.1, -0.05) is 5.21 Å². The molecule has 6 heteroatoms. The molecule has 2 heterocycles. The molecular formula is C10H14ClN5. The van der Waals surface area contributed by atoms with Crippen molar-refractivity contribution in [2.45, 2.75) is 25.3 Å². The zero-order valence-electron chi connectivity index (χ0n) is 9.34. The molecule has 86 valence electrons. The zero-order valence-corrected chi connectivity index (χ0v) is 10.1. The lowest BCUT2D eigenvalue weighted by Crippen LogP contribution is -2.06. The van der Waals surface area contributed by atoms with Gasteiger partial charge in [-0.25, -0.2) is 4.98 Å². The number of imidazole rings is 1. The Labute approximate surface area is 99.1 Å². The van der Waals surface area contributed by atoms with E-state index in [1.165, 1.54) is 0 Å². The third kappa shape index (κ3) is 2.41. The Bertz CT molecular complexity index is 459. The van der Waals surface area contributed by atoms with Gasteiger partial charge in [-0.3, -0.25) is 4.68 Å². The molecule has 2 aromatic heterocycles. The second-order valence-electron chi connectivity index (χ2n) is 3.73. The molecule has 0 N–H and O–H groups in total. The fourth-order valence-electron chi connectivity index (χ4n) is 1.46. The van der Waals surface area contributed by atoms with Crippen molar-refractivity contribution in [3.05, 3.63) is 30.1 Å². The lowest BCUT2D eigenvalue weighted by Gasteiger charge is -2.01. The third-order valence-corrected chi connectivity index (χ3v) is 2.67. The topological polar surface area (TPSA) is 48.5 Å². The summed E-state index contributed by atoms with van der Waals surface area (Å²) in [6.07, 6.45) is 6.44. The van der Waals surface area contributed by atoms with Gasteiger partial charge in [-0.15, -0.1) is 16.7 Å². The number of hydrogen-bond donors (Lipinski definition) is 0. The van der Waals surface area contributed by atoms with Crippen LogP contribution in [0.2, 0.25) is 0 Å². The van der Waals surface area contributed by atoms with Crippen molar-refractivity contribution in [1.29, 1.82) is 0 Å². The second-order valence-corrected chi connectivity index (χ2v) is 4.38. The largest absolute Gasteiger partial charge is 0.338 e. The summed E-state index contributed by atoms with van der Waals surface area (Å²) in [4.78, 5) is 4.25. The van der Waals surface area contributed by atoms with E-state index in [1.54, 1.807) is 10.9 Å². The van der Waals surface area contributed by atoms with E-state index in [0.29, 0.717) is 0 Å². The Morgan fingerprint density at radius 1 is 1.50 bits per heavy atom. The number of nitrogens with zero attached hydrogens (tertiary/aromatic N) is 5. The van der Waals surface area contributed by atoms with E-state index >= 15 is 0 Å². The monoisotopic (exact) mass is 239 g/mol. The fraction of sp³-hybridized carbons (Fsp3) is 0.500. The lowest BCUT2D eigenvalue weighted by atomic mass is 10.3.